The zero-order valence-electron chi connectivity index (χ0n) is 15.3. The molecule has 6 rings (SSSR count). The highest BCUT2D eigenvalue weighted by atomic mass is 16.7. The average molecular weight is 360 g/mol. The van der Waals surface area contributed by atoms with E-state index in [9.17, 15) is 14.7 Å². The number of hydrogen-bond donors (Lipinski definition) is 1. The van der Waals surface area contributed by atoms with Gasteiger partial charge in [0, 0.05) is 17.4 Å². The van der Waals surface area contributed by atoms with Gasteiger partial charge in [-0.2, -0.15) is 0 Å². The van der Waals surface area contributed by atoms with Crippen LogP contribution in [0.15, 0.2) is 11.1 Å². The molecule has 6 heteroatoms. The molecule has 3 aliphatic carbocycles. The predicted molar refractivity (Wildman–Crippen MR) is 88.1 cm³/mol. The Bertz CT molecular complexity index is 815. The number of hydrogen-bond acceptors (Lipinski definition) is 6. The number of epoxide rings is 2. The highest BCUT2D eigenvalue weighted by Gasteiger charge is 2.95. The molecule has 0 radical (unpaired) electrons. The van der Waals surface area contributed by atoms with Crippen molar-refractivity contribution in [1.29, 1.82) is 0 Å². The molecule has 2 saturated carbocycles. The van der Waals surface area contributed by atoms with E-state index < -0.39 is 16.8 Å². The fourth-order valence-corrected chi connectivity index (χ4v) is 6.95. The van der Waals surface area contributed by atoms with Crippen LogP contribution in [0.3, 0.4) is 0 Å². The largest absolute Gasteiger partial charge is 0.458 e. The molecule has 0 amide bonds. The van der Waals surface area contributed by atoms with Gasteiger partial charge in [-0.25, -0.2) is 4.79 Å². The molecule has 6 aliphatic rings. The maximum absolute atomic E-state index is 13.5. The molecule has 1 N–H and O–H groups in total. The quantitative estimate of drug-likeness (QED) is 0.560. The number of rotatable bonds is 1. The number of cyclic esters (lactones) is 1. The standard InChI is InChI=1S/C20H24O6/c1-9(2)18(23)7-14-20(26-14)17(3)5-4-10-11(8-24-15(10)21)12(17)6-13-19(20,25-13)16(18)22/h9,12-14,23H,4-8H2,1-3H3/t12?,13?,14-,17-,18+,19?,20+/m0/s1. The average Bonchev–Trinajstić information content (AvgIpc) is 3.46. The number of fused-ring (bicyclic) bond motifs is 2. The number of aliphatic hydroxyl groups is 1. The molecule has 0 aromatic rings. The van der Waals surface area contributed by atoms with Crippen LogP contribution in [0.4, 0.5) is 0 Å². The molecule has 0 aromatic carbocycles. The third-order valence-corrected chi connectivity index (χ3v) is 8.56. The zero-order valence-corrected chi connectivity index (χ0v) is 15.3. The minimum Gasteiger partial charge on any atom is -0.458 e. The molecule has 3 unspecified atom stereocenters. The summed E-state index contributed by atoms with van der Waals surface area (Å²) in [5.41, 5.74) is -1.39. The molecule has 26 heavy (non-hydrogen) atoms. The number of Topliss-reactive ketones (excluding diaryl/α,β-unsaturated/α-hetero) is 1. The number of carbonyl (C=O) groups excluding carboxylic acids is 2. The normalized spacial score (nSPS) is 56.3. The highest BCUT2D eigenvalue weighted by Crippen LogP contribution is 2.78. The van der Waals surface area contributed by atoms with Crippen LogP contribution >= 0.6 is 0 Å². The molecule has 0 aromatic heterocycles. The van der Waals surface area contributed by atoms with Crippen LogP contribution in [0, 0.1) is 17.3 Å². The summed E-state index contributed by atoms with van der Waals surface area (Å²) in [4.78, 5) is 25.5. The smallest absolute Gasteiger partial charge is 0.334 e. The summed E-state index contributed by atoms with van der Waals surface area (Å²) < 4.78 is 17.8. The minimum absolute atomic E-state index is 0.140. The summed E-state index contributed by atoms with van der Waals surface area (Å²) in [6, 6.07) is 0. The Labute approximate surface area is 151 Å². The third-order valence-electron chi connectivity index (χ3n) is 8.56. The van der Waals surface area contributed by atoms with Gasteiger partial charge >= 0.3 is 5.97 Å². The molecular weight excluding hydrogens is 336 g/mol. The first-order valence-corrected chi connectivity index (χ1v) is 9.74. The zero-order chi connectivity index (χ0) is 18.3. The number of ketones is 1. The predicted octanol–water partition coefficient (Wildman–Crippen LogP) is 1.29. The minimum atomic E-state index is -1.38. The third kappa shape index (κ3) is 1.31. The SMILES string of the molecule is CC(C)[C@]1(O)C[C@@H]2O[C@]23C2(OC2CC2C4=C(CC[C@@]23C)C(=O)OC4)C1=O. The van der Waals surface area contributed by atoms with Gasteiger partial charge in [-0.15, -0.1) is 0 Å². The van der Waals surface area contributed by atoms with E-state index in [4.69, 9.17) is 14.2 Å². The van der Waals surface area contributed by atoms with Gasteiger partial charge in [0.15, 0.2) is 5.60 Å². The van der Waals surface area contributed by atoms with Crippen LogP contribution in [0.1, 0.15) is 46.5 Å². The second-order valence-electron chi connectivity index (χ2n) is 9.58. The van der Waals surface area contributed by atoms with Crippen LogP contribution in [-0.2, 0) is 23.8 Å². The van der Waals surface area contributed by atoms with Gasteiger partial charge in [0.2, 0.25) is 5.78 Å². The number of ether oxygens (including phenoxy) is 3. The van der Waals surface area contributed by atoms with E-state index in [1.54, 1.807) is 0 Å². The second kappa shape index (κ2) is 4.10. The van der Waals surface area contributed by atoms with Crippen LogP contribution in [0.25, 0.3) is 0 Å². The Balaban J connectivity index is 1.49. The lowest BCUT2D eigenvalue weighted by Crippen LogP contribution is -2.69. The van der Waals surface area contributed by atoms with E-state index in [1.807, 2.05) is 13.8 Å². The summed E-state index contributed by atoms with van der Waals surface area (Å²) in [5, 5.41) is 11.1. The van der Waals surface area contributed by atoms with E-state index in [1.165, 1.54) is 0 Å². The summed E-state index contributed by atoms with van der Waals surface area (Å²) in [6.07, 6.45) is 2.10. The molecule has 4 fully saturated rings. The second-order valence-corrected chi connectivity index (χ2v) is 9.58. The van der Waals surface area contributed by atoms with Gasteiger partial charge in [0.25, 0.3) is 0 Å². The van der Waals surface area contributed by atoms with Crippen molar-refractivity contribution < 1.29 is 28.9 Å². The van der Waals surface area contributed by atoms with Crippen molar-refractivity contribution in [3.05, 3.63) is 11.1 Å². The lowest BCUT2D eigenvalue weighted by atomic mass is 9.46. The molecule has 140 valence electrons. The maximum Gasteiger partial charge on any atom is 0.334 e. The van der Waals surface area contributed by atoms with E-state index in [0.717, 1.165) is 17.6 Å². The molecule has 7 atom stereocenters. The van der Waals surface area contributed by atoms with Crippen LogP contribution in [0.5, 0.6) is 0 Å². The Morgan fingerprint density at radius 2 is 1.96 bits per heavy atom. The van der Waals surface area contributed by atoms with Gasteiger partial charge < -0.3 is 19.3 Å². The topological polar surface area (TPSA) is 88.7 Å². The fraction of sp³-hybridized carbons (Fsp3) is 0.800. The molecule has 6 nitrogen and oxygen atoms in total. The molecule has 2 spiro atoms. The molecule has 2 saturated heterocycles. The van der Waals surface area contributed by atoms with Gasteiger partial charge in [0.1, 0.15) is 17.8 Å². The molecule has 0 bridgehead atoms. The molecule has 3 aliphatic heterocycles. The van der Waals surface area contributed by atoms with Gasteiger partial charge in [-0.1, -0.05) is 20.8 Å². The lowest BCUT2D eigenvalue weighted by Gasteiger charge is -2.53. The first kappa shape index (κ1) is 15.8. The van der Waals surface area contributed by atoms with Gasteiger partial charge in [-0.05, 0) is 36.7 Å². The van der Waals surface area contributed by atoms with Crippen LogP contribution in [-0.4, -0.2) is 52.5 Å². The molecular formula is C20H24O6. The van der Waals surface area contributed by atoms with Crippen LogP contribution in [0.2, 0.25) is 0 Å². The maximum atomic E-state index is 13.5. The lowest BCUT2D eigenvalue weighted by molar-refractivity contribution is -0.160. The summed E-state index contributed by atoms with van der Waals surface area (Å²) in [7, 11) is 0. The van der Waals surface area contributed by atoms with Crippen molar-refractivity contribution in [3.63, 3.8) is 0 Å². The monoisotopic (exact) mass is 360 g/mol. The Morgan fingerprint density at radius 3 is 2.69 bits per heavy atom. The van der Waals surface area contributed by atoms with Crippen molar-refractivity contribution in [3.8, 4) is 0 Å². The van der Waals surface area contributed by atoms with E-state index in [0.29, 0.717) is 25.9 Å². The highest BCUT2D eigenvalue weighted by molar-refractivity contribution is 6.02. The Morgan fingerprint density at radius 1 is 1.19 bits per heavy atom. The van der Waals surface area contributed by atoms with Crippen molar-refractivity contribution in [2.24, 2.45) is 17.3 Å². The van der Waals surface area contributed by atoms with E-state index >= 15 is 0 Å². The fourth-order valence-electron chi connectivity index (χ4n) is 6.95. The first-order valence-electron chi connectivity index (χ1n) is 9.74. The summed E-state index contributed by atoms with van der Waals surface area (Å²) in [6.45, 7) is 6.32. The Hall–Kier alpha value is -1.24. The number of esters is 1. The van der Waals surface area contributed by atoms with Gasteiger partial charge in [0.05, 0.1) is 12.2 Å². The van der Waals surface area contributed by atoms with Crippen molar-refractivity contribution in [2.45, 2.75) is 75.5 Å². The van der Waals surface area contributed by atoms with Crippen molar-refractivity contribution in [1.82, 2.24) is 0 Å². The first-order chi connectivity index (χ1) is 12.2. The Kier molecular flexibility index (Phi) is 2.49. The van der Waals surface area contributed by atoms with E-state index in [-0.39, 0.29) is 41.2 Å². The summed E-state index contributed by atoms with van der Waals surface area (Å²) in [5.74, 6) is -0.405. The van der Waals surface area contributed by atoms with E-state index in [2.05, 4.69) is 6.92 Å². The number of carbonyl (C=O) groups is 2. The van der Waals surface area contributed by atoms with Crippen molar-refractivity contribution >= 4 is 11.8 Å². The van der Waals surface area contributed by atoms with Crippen LogP contribution < -0.4 is 0 Å². The van der Waals surface area contributed by atoms with Crippen molar-refractivity contribution in [2.75, 3.05) is 6.61 Å². The molecule has 3 heterocycles. The van der Waals surface area contributed by atoms with Gasteiger partial charge in [-0.3, -0.25) is 4.79 Å². The summed E-state index contributed by atoms with van der Waals surface area (Å²) >= 11 is 0.